The molecule has 22 heavy (non-hydrogen) atoms. The lowest BCUT2D eigenvalue weighted by molar-refractivity contribution is 1.71. The molecule has 0 aromatic heterocycles. The average Bonchev–Trinajstić information content (AvgIpc) is 2.53. The maximum absolute atomic E-state index is 6.44. The van der Waals surface area contributed by atoms with Gasteiger partial charge in [0.25, 0.3) is 0 Å². The van der Waals surface area contributed by atoms with E-state index in [-0.39, 0.29) is 6.71 Å². The van der Waals surface area contributed by atoms with E-state index in [1.807, 2.05) is 72.8 Å². The Morgan fingerprint density at radius 3 is 1.00 bits per heavy atom. The first kappa shape index (κ1) is 15.5. The van der Waals surface area contributed by atoms with Crippen molar-refractivity contribution in [3.8, 4) is 0 Å². The summed E-state index contributed by atoms with van der Waals surface area (Å²) in [7, 11) is 0. The second-order valence-electron chi connectivity index (χ2n) is 5.00. The van der Waals surface area contributed by atoms with E-state index in [1.54, 1.807) is 0 Å². The van der Waals surface area contributed by atoms with Crippen LogP contribution in [-0.2, 0) is 0 Å². The molecule has 0 atom stereocenters. The van der Waals surface area contributed by atoms with Gasteiger partial charge in [-0.3, -0.25) is 0 Å². The molecule has 0 spiro atoms. The van der Waals surface area contributed by atoms with Crippen LogP contribution in [0.1, 0.15) is 0 Å². The number of hydrogen-bond acceptors (Lipinski definition) is 0. The Balaban J connectivity index is 2.27. The van der Waals surface area contributed by atoms with E-state index in [1.165, 1.54) is 0 Å². The summed E-state index contributed by atoms with van der Waals surface area (Å²) in [4.78, 5) is 0. The molecule has 0 fully saturated rings. The fourth-order valence-corrected chi connectivity index (χ4v) is 3.36. The van der Waals surface area contributed by atoms with E-state index < -0.39 is 0 Å². The number of benzene rings is 3. The first-order valence-corrected chi connectivity index (χ1v) is 8.05. The lowest BCUT2D eigenvalue weighted by atomic mass is 9.37. The zero-order valence-electron chi connectivity index (χ0n) is 11.6. The molecular formula is C18H12BCl3. The van der Waals surface area contributed by atoms with Crippen LogP contribution < -0.4 is 16.4 Å². The monoisotopic (exact) mass is 344 g/mol. The van der Waals surface area contributed by atoms with Crippen molar-refractivity contribution in [1.82, 2.24) is 0 Å². The van der Waals surface area contributed by atoms with Crippen molar-refractivity contribution >= 4 is 57.9 Å². The number of halogens is 3. The van der Waals surface area contributed by atoms with Crippen molar-refractivity contribution in [1.29, 1.82) is 0 Å². The van der Waals surface area contributed by atoms with Crippen LogP contribution >= 0.6 is 34.8 Å². The first-order chi connectivity index (χ1) is 10.7. The molecule has 0 saturated heterocycles. The molecule has 0 aliphatic heterocycles. The Hall–Kier alpha value is -1.41. The minimum atomic E-state index is -0.101. The highest BCUT2D eigenvalue weighted by Gasteiger charge is 2.27. The number of hydrogen-bond donors (Lipinski definition) is 0. The van der Waals surface area contributed by atoms with Gasteiger partial charge in [-0.15, -0.1) is 0 Å². The highest BCUT2D eigenvalue weighted by molar-refractivity contribution is 6.98. The van der Waals surface area contributed by atoms with Crippen LogP contribution in [0.5, 0.6) is 0 Å². The quantitative estimate of drug-likeness (QED) is 0.625. The molecule has 3 aromatic carbocycles. The molecule has 0 saturated carbocycles. The molecule has 0 unspecified atom stereocenters. The van der Waals surface area contributed by atoms with Gasteiger partial charge in [-0.2, -0.15) is 0 Å². The highest BCUT2D eigenvalue weighted by atomic mass is 35.5. The van der Waals surface area contributed by atoms with Gasteiger partial charge in [0.15, 0.2) is 0 Å². The molecule has 3 aromatic rings. The Morgan fingerprint density at radius 2 is 0.727 bits per heavy atom. The second-order valence-corrected chi connectivity index (χ2v) is 6.22. The van der Waals surface area contributed by atoms with Crippen LogP contribution in [0.25, 0.3) is 0 Å². The van der Waals surface area contributed by atoms with Gasteiger partial charge < -0.3 is 0 Å². The fraction of sp³-hybridized carbons (Fsp3) is 0. The molecule has 4 heteroatoms. The van der Waals surface area contributed by atoms with Gasteiger partial charge in [0, 0.05) is 15.1 Å². The molecule has 0 heterocycles. The zero-order chi connectivity index (χ0) is 15.5. The normalized spacial score (nSPS) is 10.5. The SMILES string of the molecule is Clc1ccccc1B(c1ccccc1Cl)c1ccccc1Cl. The molecule has 0 radical (unpaired) electrons. The predicted molar refractivity (Wildman–Crippen MR) is 99.0 cm³/mol. The maximum atomic E-state index is 6.44. The third-order valence-electron chi connectivity index (χ3n) is 3.65. The van der Waals surface area contributed by atoms with Crippen LogP contribution in [0.3, 0.4) is 0 Å². The van der Waals surface area contributed by atoms with Crippen molar-refractivity contribution in [2.24, 2.45) is 0 Å². The van der Waals surface area contributed by atoms with Gasteiger partial charge in [0.05, 0.1) is 0 Å². The van der Waals surface area contributed by atoms with Crippen LogP contribution in [-0.4, -0.2) is 6.71 Å². The van der Waals surface area contributed by atoms with Crippen molar-refractivity contribution in [3.63, 3.8) is 0 Å². The Labute approximate surface area is 145 Å². The highest BCUT2D eigenvalue weighted by Crippen LogP contribution is 2.13. The summed E-state index contributed by atoms with van der Waals surface area (Å²) in [6.45, 7) is -0.101. The fourth-order valence-electron chi connectivity index (χ4n) is 2.63. The minimum absolute atomic E-state index is 0.101. The zero-order valence-corrected chi connectivity index (χ0v) is 13.9. The van der Waals surface area contributed by atoms with Crippen molar-refractivity contribution in [3.05, 3.63) is 87.9 Å². The maximum Gasteiger partial charge on any atom is 0.247 e. The van der Waals surface area contributed by atoms with Crippen LogP contribution in [0.15, 0.2) is 72.8 Å². The third-order valence-corrected chi connectivity index (χ3v) is 4.68. The summed E-state index contributed by atoms with van der Waals surface area (Å²) in [5.74, 6) is 0. The summed E-state index contributed by atoms with van der Waals surface area (Å²) in [6, 6.07) is 23.4. The van der Waals surface area contributed by atoms with E-state index in [9.17, 15) is 0 Å². The summed E-state index contributed by atoms with van der Waals surface area (Å²) in [5.41, 5.74) is 2.97. The predicted octanol–water partition coefficient (Wildman–Crippen LogP) is 4.16. The summed E-state index contributed by atoms with van der Waals surface area (Å²) < 4.78 is 0. The Bertz CT molecular complexity index is 693. The molecule has 0 aliphatic rings. The molecule has 0 nitrogen and oxygen atoms in total. The van der Waals surface area contributed by atoms with Gasteiger partial charge in [-0.05, 0) is 18.2 Å². The first-order valence-electron chi connectivity index (χ1n) is 6.92. The Kier molecular flexibility index (Phi) is 4.78. The third kappa shape index (κ3) is 3.03. The summed E-state index contributed by atoms with van der Waals surface area (Å²) in [6.07, 6.45) is 0. The van der Waals surface area contributed by atoms with Gasteiger partial charge >= 0.3 is 0 Å². The van der Waals surface area contributed by atoms with Gasteiger partial charge in [0.1, 0.15) is 0 Å². The largest absolute Gasteiger partial charge is 0.247 e. The van der Waals surface area contributed by atoms with Gasteiger partial charge in [-0.25, -0.2) is 0 Å². The molecule has 0 bridgehead atoms. The molecule has 0 N–H and O–H groups in total. The standard InChI is InChI=1S/C18H12BCl3/c20-16-10-4-1-7-13(16)19(14-8-2-5-11-17(14)21)15-9-3-6-12-18(15)22/h1-12H. The van der Waals surface area contributed by atoms with E-state index in [0.717, 1.165) is 16.4 Å². The minimum Gasteiger partial charge on any atom is -0.0849 e. The smallest absolute Gasteiger partial charge is 0.0849 e. The van der Waals surface area contributed by atoms with Crippen LogP contribution in [0.4, 0.5) is 0 Å². The van der Waals surface area contributed by atoms with E-state index in [4.69, 9.17) is 34.8 Å². The lowest BCUT2D eigenvalue weighted by Gasteiger charge is -2.19. The molecule has 0 aliphatic carbocycles. The van der Waals surface area contributed by atoms with Gasteiger partial charge in [-0.1, -0.05) is 106 Å². The lowest BCUT2D eigenvalue weighted by Crippen LogP contribution is -2.53. The van der Waals surface area contributed by atoms with Crippen molar-refractivity contribution < 1.29 is 0 Å². The van der Waals surface area contributed by atoms with Crippen LogP contribution in [0, 0.1) is 0 Å². The molecule has 108 valence electrons. The second kappa shape index (κ2) is 6.79. The van der Waals surface area contributed by atoms with Crippen molar-refractivity contribution in [2.75, 3.05) is 0 Å². The van der Waals surface area contributed by atoms with Crippen molar-refractivity contribution in [2.45, 2.75) is 0 Å². The average molecular weight is 345 g/mol. The van der Waals surface area contributed by atoms with Gasteiger partial charge in [0.2, 0.25) is 6.71 Å². The van der Waals surface area contributed by atoms with E-state index in [2.05, 4.69) is 0 Å². The molecule has 3 rings (SSSR count). The molecule has 0 amide bonds. The van der Waals surface area contributed by atoms with E-state index in [0.29, 0.717) is 15.1 Å². The summed E-state index contributed by atoms with van der Waals surface area (Å²) in [5, 5.41) is 2.10. The Morgan fingerprint density at radius 1 is 0.455 bits per heavy atom. The topological polar surface area (TPSA) is 0 Å². The summed E-state index contributed by atoms with van der Waals surface area (Å²) >= 11 is 19.3. The number of rotatable bonds is 3. The van der Waals surface area contributed by atoms with Crippen LogP contribution in [0.2, 0.25) is 15.1 Å². The molecular weight excluding hydrogens is 333 g/mol. The van der Waals surface area contributed by atoms with E-state index >= 15 is 0 Å².